The van der Waals surface area contributed by atoms with Crippen LogP contribution in [0.15, 0.2) is 205 Å². The highest BCUT2D eigenvalue weighted by molar-refractivity contribution is 6.28. The fraction of sp³-hybridized carbons (Fsp3) is 0. The first-order chi connectivity index (χ1) is 28.3. The van der Waals surface area contributed by atoms with E-state index in [0.717, 1.165) is 55.0 Å². The summed E-state index contributed by atoms with van der Waals surface area (Å²) in [6.45, 7) is 0. The van der Waals surface area contributed by atoms with Gasteiger partial charge in [0.2, 0.25) is 0 Å². The van der Waals surface area contributed by atoms with Crippen LogP contribution < -0.4 is 0 Å². The van der Waals surface area contributed by atoms with Crippen molar-refractivity contribution in [1.82, 2.24) is 4.98 Å². The van der Waals surface area contributed by atoms with Gasteiger partial charge >= 0.3 is 0 Å². The maximum Gasteiger partial charge on any atom is 0.136 e. The highest BCUT2D eigenvalue weighted by Crippen LogP contribution is 2.46. The molecule has 2 nitrogen and oxygen atoms in total. The Bertz CT molecular complexity index is 3510. The number of furan rings is 1. The first-order valence-corrected chi connectivity index (χ1v) is 19.5. The van der Waals surface area contributed by atoms with Crippen LogP contribution in [0, 0.1) is 0 Å². The number of rotatable bonds is 4. The molecule has 0 aliphatic heterocycles. The van der Waals surface area contributed by atoms with Gasteiger partial charge in [0.05, 0.1) is 11.2 Å². The third kappa shape index (κ3) is 4.94. The van der Waals surface area contributed by atoms with Crippen molar-refractivity contribution in [3.63, 3.8) is 0 Å². The second-order valence-corrected chi connectivity index (χ2v) is 15.0. The number of pyridine rings is 1. The number of aromatic nitrogens is 1. The molecule has 57 heavy (non-hydrogen) atoms. The second-order valence-electron chi connectivity index (χ2n) is 15.0. The first kappa shape index (κ1) is 31.8. The zero-order chi connectivity index (χ0) is 37.5. The molecule has 0 spiro atoms. The van der Waals surface area contributed by atoms with Gasteiger partial charge in [0, 0.05) is 38.1 Å². The van der Waals surface area contributed by atoms with Crippen LogP contribution in [0.3, 0.4) is 0 Å². The van der Waals surface area contributed by atoms with Crippen molar-refractivity contribution in [2.24, 2.45) is 0 Å². The molecule has 10 aromatic carbocycles. The van der Waals surface area contributed by atoms with E-state index in [2.05, 4.69) is 194 Å². The molecule has 0 saturated carbocycles. The lowest BCUT2D eigenvalue weighted by Gasteiger charge is -2.16. The SMILES string of the molecule is c1ccc(-c2nc3ccccc3c3c(-c4ccc(-c5ccc(-c6ccc7c8ccccc8c8ccccc8c7c6)cc5)cc4)c4c(cc23)oc2ccccc24)cc1. The summed E-state index contributed by atoms with van der Waals surface area (Å²) in [6, 6.07) is 72.1. The molecule has 0 bridgehead atoms. The molecule has 0 radical (unpaired) electrons. The fourth-order valence-corrected chi connectivity index (χ4v) is 9.19. The number of nitrogens with zero attached hydrogens (tertiary/aromatic N) is 1. The highest BCUT2D eigenvalue weighted by Gasteiger charge is 2.21. The van der Waals surface area contributed by atoms with Crippen molar-refractivity contribution in [3.05, 3.63) is 200 Å². The van der Waals surface area contributed by atoms with Crippen molar-refractivity contribution in [2.45, 2.75) is 0 Å². The molecule has 2 heteroatoms. The van der Waals surface area contributed by atoms with E-state index in [1.807, 2.05) is 6.07 Å². The van der Waals surface area contributed by atoms with Gasteiger partial charge in [-0.25, -0.2) is 4.98 Å². The minimum atomic E-state index is 0.863. The van der Waals surface area contributed by atoms with Crippen molar-refractivity contribution >= 4 is 75.9 Å². The van der Waals surface area contributed by atoms with Gasteiger partial charge in [0.1, 0.15) is 11.2 Å². The van der Waals surface area contributed by atoms with E-state index < -0.39 is 0 Å². The lowest BCUT2D eigenvalue weighted by Crippen LogP contribution is -1.93. The molecular formula is C55H33NO. The number of hydrogen-bond acceptors (Lipinski definition) is 2. The normalized spacial score (nSPS) is 11.9. The third-order valence-corrected chi connectivity index (χ3v) is 11.8. The van der Waals surface area contributed by atoms with E-state index in [1.54, 1.807) is 0 Å². The molecular weight excluding hydrogens is 691 g/mol. The van der Waals surface area contributed by atoms with Gasteiger partial charge in [-0.15, -0.1) is 0 Å². The van der Waals surface area contributed by atoms with Crippen LogP contribution in [0.4, 0.5) is 0 Å². The van der Waals surface area contributed by atoms with Crippen LogP contribution in [0.25, 0.3) is 121 Å². The Hall–Kier alpha value is -7.55. The summed E-state index contributed by atoms with van der Waals surface area (Å²) < 4.78 is 6.60. The van der Waals surface area contributed by atoms with E-state index in [1.165, 1.54) is 65.5 Å². The summed E-state index contributed by atoms with van der Waals surface area (Å²) in [7, 11) is 0. The summed E-state index contributed by atoms with van der Waals surface area (Å²) in [4.78, 5) is 5.25. The Morgan fingerprint density at radius 2 is 0.772 bits per heavy atom. The second kappa shape index (κ2) is 12.5. The molecule has 12 rings (SSSR count). The summed E-state index contributed by atoms with van der Waals surface area (Å²) in [5.74, 6) is 0. The largest absolute Gasteiger partial charge is 0.456 e. The number of hydrogen-bond donors (Lipinski definition) is 0. The minimum Gasteiger partial charge on any atom is -0.456 e. The number of benzene rings is 10. The molecule has 264 valence electrons. The lowest BCUT2D eigenvalue weighted by molar-refractivity contribution is 0.669. The van der Waals surface area contributed by atoms with Crippen LogP contribution in [0.1, 0.15) is 0 Å². The highest BCUT2D eigenvalue weighted by atomic mass is 16.3. The molecule has 0 fully saturated rings. The zero-order valence-electron chi connectivity index (χ0n) is 30.9. The minimum absolute atomic E-state index is 0.863. The van der Waals surface area contributed by atoms with Crippen LogP contribution in [-0.2, 0) is 0 Å². The van der Waals surface area contributed by atoms with Gasteiger partial charge in [0.15, 0.2) is 0 Å². The average Bonchev–Trinajstić information content (AvgIpc) is 3.66. The Kier molecular flexibility index (Phi) is 6.96. The molecule has 12 aromatic rings. The smallest absolute Gasteiger partial charge is 0.136 e. The molecule has 0 aliphatic rings. The molecule has 2 aromatic heterocycles. The molecule has 2 heterocycles. The molecule has 0 aliphatic carbocycles. The third-order valence-electron chi connectivity index (χ3n) is 11.8. The molecule has 0 saturated heterocycles. The average molecular weight is 724 g/mol. The maximum absolute atomic E-state index is 6.60. The molecule has 0 unspecified atom stereocenters. The van der Waals surface area contributed by atoms with Crippen LogP contribution in [0.5, 0.6) is 0 Å². The fourth-order valence-electron chi connectivity index (χ4n) is 9.19. The van der Waals surface area contributed by atoms with Crippen molar-refractivity contribution in [2.75, 3.05) is 0 Å². The lowest BCUT2D eigenvalue weighted by atomic mass is 9.89. The van der Waals surface area contributed by atoms with E-state index in [4.69, 9.17) is 9.40 Å². The van der Waals surface area contributed by atoms with Gasteiger partial charge in [-0.05, 0) is 84.4 Å². The van der Waals surface area contributed by atoms with Gasteiger partial charge in [-0.1, -0.05) is 176 Å². The Balaban J connectivity index is 0.994. The van der Waals surface area contributed by atoms with Crippen LogP contribution in [-0.4, -0.2) is 4.98 Å². The summed E-state index contributed by atoms with van der Waals surface area (Å²) >= 11 is 0. The van der Waals surface area contributed by atoms with Crippen molar-refractivity contribution < 1.29 is 4.42 Å². The predicted molar refractivity (Wildman–Crippen MR) is 241 cm³/mol. The Morgan fingerprint density at radius 1 is 0.281 bits per heavy atom. The van der Waals surface area contributed by atoms with E-state index >= 15 is 0 Å². The standard InChI is InChI=1S/C55H33NO/c1-2-12-38(13-3-1)55-48-33-51-54(46-19-9-11-21-50(46)57-51)52(53(48)45-18-8-10-20-49(45)56-55)37-28-26-35(27-29-37)34-22-24-36(25-23-34)39-30-31-44-42-16-5-4-14-40(42)41-15-6-7-17-43(41)47(44)32-39/h1-33H. The van der Waals surface area contributed by atoms with Gasteiger partial charge in [-0.2, -0.15) is 0 Å². The predicted octanol–water partition coefficient (Wildman–Crippen LogP) is 15.4. The molecule has 0 atom stereocenters. The van der Waals surface area contributed by atoms with E-state index in [9.17, 15) is 0 Å². The number of para-hydroxylation sites is 2. The van der Waals surface area contributed by atoms with Gasteiger partial charge in [-0.3, -0.25) is 0 Å². The van der Waals surface area contributed by atoms with E-state index in [0.29, 0.717) is 0 Å². The van der Waals surface area contributed by atoms with E-state index in [-0.39, 0.29) is 0 Å². The Morgan fingerprint density at radius 3 is 1.44 bits per heavy atom. The van der Waals surface area contributed by atoms with Crippen molar-refractivity contribution in [1.29, 1.82) is 0 Å². The maximum atomic E-state index is 6.60. The summed E-state index contributed by atoms with van der Waals surface area (Å²) in [5, 5.41) is 13.4. The van der Waals surface area contributed by atoms with Gasteiger partial charge in [0.25, 0.3) is 0 Å². The monoisotopic (exact) mass is 723 g/mol. The molecule has 0 N–H and O–H groups in total. The van der Waals surface area contributed by atoms with Crippen LogP contribution >= 0.6 is 0 Å². The van der Waals surface area contributed by atoms with Gasteiger partial charge < -0.3 is 4.42 Å². The van der Waals surface area contributed by atoms with Crippen LogP contribution in [0.2, 0.25) is 0 Å². The quantitative estimate of drug-likeness (QED) is 0.169. The summed E-state index contributed by atoms with van der Waals surface area (Å²) in [6.07, 6.45) is 0. The van der Waals surface area contributed by atoms with Crippen molar-refractivity contribution in [3.8, 4) is 44.6 Å². The molecule has 0 amide bonds. The summed E-state index contributed by atoms with van der Waals surface area (Å²) in [5.41, 5.74) is 11.8. The number of fused-ring (bicyclic) bond motifs is 12. The zero-order valence-corrected chi connectivity index (χ0v) is 30.9. The first-order valence-electron chi connectivity index (χ1n) is 19.5. The Labute approximate surface area is 328 Å². The topological polar surface area (TPSA) is 26.0 Å².